The fraction of sp³-hybridized carbons (Fsp3) is 0.214. The van der Waals surface area contributed by atoms with Crippen molar-refractivity contribution in [3.05, 3.63) is 50.6 Å². The minimum Gasteiger partial charge on any atom is -0.380 e. The van der Waals surface area contributed by atoms with Crippen LogP contribution in [0.3, 0.4) is 0 Å². The lowest BCUT2D eigenvalue weighted by atomic mass is 10.2. The molecular formula is C14H15BrN2OS. The second-order valence-corrected chi connectivity index (χ2v) is 6.55. The Labute approximate surface area is 125 Å². The average molecular weight is 339 g/mol. The van der Waals surface area contributed by atoms with Crippen LogP contribution in [0.2, 0.25) is 0 Å². The largest absolute Gasteiger partial charge is 0.380 e. The number of amides is 1. The van der Waals surface area contributed by atoms with Gasteiger partial charge in [0.05, 0.1) is 3.79 Å². The van der Waals surface area contributed by atoms with Gasteiger partial charge in [-0.05, 0) is 53.2 Å². The Morgan fingerprint density at radius 3 is 2.84 bits per heavy atom. The quantitative estimate of drug-likeness (QED) is 0.868. The van der Waals surface area contributed by atoms with Gasteiger partial charge >= 0.3 is 0 Å². The number of hydrogen-bond acceptors (Lipinski definition) is 3. The molecule has 1 heterocycles. The van der Waals surface area contributed by atoms with Gasteiger partial charge in [0.2, 0.25) is 0 Å². The summed E-state index contributed by atoms with van der Waals surface area (Å²) >= 11 is 5.14. The van der Waals surface area contributed by atoms with Gasteiger partial charge in [-0.25, -0.2) is 0 Å². The molecule has 1 amide bonds. The Morgan fingerprint density at radius 2 is 2.16 bits per heavy atom. The third-order valence-electron chi connectivity index (χ3n) is 2.56. The van der Waals surface area contributed by atoms with Crippen molar-refractivity contribution in [1.29, 1.82) is 0 Å². The molecule has 0 fully saturated rings. The molecule has 0 bridgehead atoms. The molecule has 0 unspecified atom stereocenters. The molecular weight excluding hydrogens is 324 g/mol. The fourth-order valence-electron chi connectivity index (χ4n) is 1.67. The van der Waals surface area contributed by atoms with E-state index in [1.54, 1.807) is 11.3 Å². The maximum atomic E-state index is 11.7. The van der Waals surface area contributed by atoms with E-state index in [-0.39, 0.29) is 5.91 Å². The van der Waals surface area contributed by atoms with Crippen LogP contribution in [-0.4, -0.2) is 12.5 Å². The normalized spacial score (nSPS) is 10.2. The number of carbonyl (C=O) groups excluding carboxylic acids is 1. The number of benzene rings is 1. The van der Waals surface area contributed by atoms with Gasteiger partial charge in [0.1, 0.15) is 0 Å². The molecule has 0 aliphatic rings. The number of halogens is 1. The van der Waals surface area contributed by atoms with Crippen LogP contribution in [0.1, 0.15) is 22.2 Å². The van der Waals surface area contributed by atoms with Crippen LogP contribution in [0.15, 0.2) is 40.2 Å². The molecule has 3 nitrogen and oxygen atoms in total. The lowest BCUT2D eigenvalue weighted by Crippen LogP contribution is -2.22. The molecule has 1 aromatic heterocycles. The maximum absolute atomic E-state index is 11.7. The molecule has 0 saturated carbocycles. The van der Waals surface area contributed by atoms with E-state index in [4.69, 9.17) is 0 Å². The summed E-state index contributed by atoms with van der Waals surface area (Å²) < 4.78 is 1.13. The standard InChI is InChI=1S/C14H15BrN2OS/c1-2-16-14(18)10-4-3-5-11(8-10)17-9-12-6-7-13(15)19-12/h3-8,17H,2,9H2,1H3,(H,16,18). The summed E-state index contributed by atoms with van der Waals surface area (Å²) in [6, 6.07) is 11.6. The minimum absolute atomic E-state index is 0.0370. The van der Waals surface area contributed by atoms with Crippen LogP contribution in [0.25, 0.3) is 0 Å². The molecule has 0 aliphatic heterocycles. The first kappa shape index (κ1) is 14.1. The van der Waals surface area contributed by atoms with Crippen molar-refractivity contribution < 1.29 is 4.79 Å². The topological polar surface area (TPSA) is 41.1 Å². The van der Waals surface area contributed by atoms with Crippen LogP contribution in [0.5, 0.6) is 0 Å². The lowest BCUT2D eigenvalue weighted by Gasteiger charge is -2.07. The zero-order valence-electron chi connectivity index (χ0n) is 10.6. The molecule has 0 aliphatic carbocycles. The molecule has 2 rings (SSSR count). The summed E-state index contributed by atoms with van der Waals surface area (Å²) in [5, 5.41) is 6.12. The highest BCUT2D eigenvalue weighted by Gasteiger charge is 2.04. The Bertz CT molecular complexity index is 568. The van der Waals surface area contributed by atoms with E-state index >= 15 is 0 Å². The van der Waals surface area contributed by atoms with Crippen LogP contribution >= 0.6 is 27.3 Å². The minimum atomic E-state index is -0.0370. The van der Waals surface area contributed by atoms with E-state index in [0.717, 1.165) is 16.0 Å². The third kappa shape index (κ3) is 4.08. The van der Waals surface area contributed by atoms with Crippen LogP contribution in [0, 0.1) is 0 Å². The summed E-state index contributed by atoms with van der Waals surface area (Å²) in [6.45, 7) is 3.31. The van der Waals surface area contributed by atoms with E-state index in [1.165, 1.54) is 4.88 Å². The van der Waals surface area contributed by atoms with Crippen molar-refractivity contribution in [2.24, 2.45) is 0 Å². The number of rotatable bonds is 5. The predicted octanol–water partition coefficient (Wildman–Crippen LogP) is 3.87. The summed E-state index contributed by atoms with van der Waals surface area (Å²) in [6.07, 6.45) is 0. The zero-order valence-corrected chi connectivity index (χ0v) is 13.0. The maximum Gasteiger partial charge on any atom is 0.251 e. The van der Waals surface area contributed by atoms with E-state index in [9.17, 15) is 4.79 Å². The zero-order chi connectivity index (χ0) is 13.7. The number of carbonyl (C=O) groups is 1. The molecule has 0 spiro atoms. The van der Waals surface area contributed by atoms with Gasteiger partial charge in [0.15, 0.2) is 0 Å². The average Bonchev–Trinajstić information content (AvgIpc) is 2.83. The third-order valence-corrected chi connectivity index (χ3v) is 4.18. The lowest BCUT2D eigenvalue weighted by molar-refractivity contribution is 0.0956. The first-order chi connectivity index (χ1) is 9.19. The van der Waals surface area contributed by atoms with Crippen LogP contribution in [-0.2, 0) is 6.54 Å². The molecule has 19 heavy (non-hydrogen) atoms. The number of hydrogen-bond donors (Lipinski definition) is 2. The molecule has 5 heteroatoms. The Morgan fingerprint density at radius 1 is 1.32 bits per heavy atom. The van der Waals surface area contributed by atoms with Crippen molar-refractivity contribution in [2.75, 3.05) is 11.9 Å². The molecule has 2 aromatic rings. The smallest absolute Gasteiger partial charge is 0.251 e. The van der Waals surface area contributed by atoms with Gasteiger partial charge in [0, 0.05) is 29.2 Å². The monoisotopic (exact) mass is 338 g/mol. The second kappa shape index (κ2) is 6.73. The predicted molar refractivity (Wildman–Crippen MR) is 83.8 cm³/mol. The summed E-state index contributed by atoms with van der Waals surface area (Å²) in [5.74, 6) is -0.0370. The molecule has 0 atom stereocenters. The highest BCUT2D eigenvalue weighted by atomic mass is 79.9. The molecule has 2 N–H and O–H groups in total. The van der Waals surface area contributed by atoms with Gasteiger partial charge in [-0.3, -0.25) is 4.79 Å². The Balaban J connectivity index is 2.00. The van der Waals surface area contributed by atoms with Gasteiger partial charge in [-0.15, -0.1) is 11.3 Å². The fourth-order valence-corrected chi connectivity index (χ4v) is 3.09. The van der Waals surface area contributed by atoms with Crippen molar-refractivity contribution in [1.82, 2.24) is 5.32 Å². The van der Waals surface area contributed by atoms with Gasteiger partial charge < -0.3 is 10.6 Å². The van der Waals surface area contributed by atoms with Crippen molar-refractivity contribution in [2.45, 2.75) is 13.5 Å². The highest BCUT2D eigenvalue weighted by Crippen LogP contribution is 2.23. The SMILES string of the molecule is CCNC(=O)c1cccc(NCc2ccc(Br)s2)c1. The van der Waals surface area contributed by atoms with Crippen LogP contribution < -0.4 is 10.6 Å². The summed E-state index contributed by atoms with van der Waals surface area (Å²) in [5.41, 5.74) is 1.63. The molecule has 0 radical (unpaired) electrons. The van der Waals surface area contributed by atoms with Crippen molar-refractivity contribution in [3.63, 3.8) is 0 Å². The first-order valence-corrected chi connectivity index (χ1v) is 7.66. The van der Waals surface area contributed by atoms with E-state index in [0.29, 0.717) is 12.1 Å². The molecule has 100 valence electrons. The Hall–Kier alpha value is -1.33. The first-order valence-electron chi connectivity index (χ1n) is 6.05. The summed E-state index contributed by atoms with van der Waals surface area (Å²) in [4.78, 5) is 13.0. The summed E-state index contributed by atoms with van der Waals surface area (Å²) in [7, 11) is 0. The van der Waals surface area contributed by atoms with Gasteiger partial charge in [-0.2, -0.15) is 0 Å². The Kier molecular flexibility index (Phi) is 4.99. The van der Waals surface area contributed by atoms with E-state index in [2.05, 4.69) is 32.6 Å². The van der Waals surface area contributed by atoms with E-state index in [1.807, 2.05) is 37.3 Å². The van der Waals surface area contributed by atoms with Crippen LogP contribution in [0.4, 0.5) is 5.69 Å². The molecule has 0 saturated heterocycles. The van der Waals surface area contributed by atoms with Crippen molar-refractivity contribution in [3.8, 4) is 0 Å². The highest BCUT2D eigenvalue weighted by molar-refractivity contribution is 9.11. The van der Waals surface area contributed by atoms with Gasteiger partial charge in [0.25, 0.3) is 5.91 Å². The number of thiophene rings is 1. The number of nitrogens with one attached hydrogen (secondary N) is 2. The second-order valence-electron chi connectivity index (χ2n) is 4.00. The van der Waals surface area contributed by atoms with E-state index < -0.39 is 0 Å². The van der Waals surface area contributed by atoms with Gasteiger partial charge in [-0.1, -0.05) is 6.07 Å². The molecule has 1 aromatic carbocycles. The number of anilines is 1. The van der Waals surface area contributed by atoms with Crippen molar-refractivity contribution >= 4 is 38.9 Å².